The van der Waals surface area contributed by atoms with Crippen molar-refractivity contribution in [2.75, 3.05) is 32.9 Å². The van der Waals surface area contributed by atoms with Crippen LogP contribution in [0.2, 0.25) is 0 Å². The third kappa shape index (κ3) is 3.58. The molecule has 0 amide bonds. The molecule has 0 aromatic heterocycles. The molecule has 20 heavy (non-hydrogen) atoms. The molecule has 1 fully saturated rings. The van der Waals surface area contributed by atoms with Crippen molar-refractivity contribution in [1.82, 2.24) is 4.31 Å². The van der Waals surface area contributed by atoms with Gasteiger partial charge in [-0.3, -0.25) is 0 Å². The van der Waals surface area contributed by atoms with Crippen LogP contribution in [0.3, 0.4) is 0 Å². The van der Waals surface area contributed by atoms with Gasteiger partial charge in [-0.1, -0.05) is 17.9 Å². The van der Waals surface area contributed by atoms with E-state index in [0.29, 0.717) is 38.3 Å². The number of hydrogen-bond donors (Lipinski definition) is 1. The molecule has 0 saturated carbocycles. The standard InChI is InChI=1S/C14H17NO4S/c16-9-2-1-4-13-5-3-6-14(12-13)20(17,18)15-7-10-19-11-8-15/h3,5-6,12,16H,2,7-11H2. The highest BCUT2D eigenvalue weighted by atomic mass is 32.2. The van der Waals surface area contributed by atoms with E-state index in [-0.39, 0.29) is 11.5 Å². The van der Waals surface area contributed by atoms with E-state index in [0.717, 1.165) is 0 Å². The number of sulfonamides is 1. The van der Waals surface area contributed by atoms with Crippen LogP contribution in [0.5, 0.6) is 0 Å². The Hall–Kier alpha value is -1.39. The molecular weight excluding hydrogens is 278 g/mol. The molecule has 1 aromatic rings. The smallest absolute Gasteiger partial charge is 0.243 e. The van der Waals surface area contributed by atoms with E-state index in [2.05, 4.69) is 11.8 Å². The molecule has 0 unspecified atom stereocenters. The summed E-state index contributed by atoms with van der Waals surface area (Å²) in [5, 5.41) is 8.68. The van der Waals surface area contributed by atoms with Gasteiger partial charge in [0.05, 0.1) is 24.7 Å². The fourth-order valence-electron chi connectivity index (χ4n) is 1.89. The molecule has 0 atom stereocenters. The van der Waals surface area contributed by atoms with Crippen LogP contribution in [0.15, 0.2) is 29.2 Å². The lowest BCUT2D eigenvalue weighted by Gasteiger charge is -2.26. The van der Waals surface area contributed by atoms with E-state index < -0.39 is 10.0 Å². The van der Waals surface area contributed by atoms with Crippen LogP contribution in [-0.2, 0) is 14.8 Å². The summed E-state index contributed by atoms with van der Waals surface area (Å²) in [5.41, 5.74) is 0.632. The highest BCUT2D eigenvalue weighted by molar-refractivity contribution is 7.89. The van der Waals surface area contributed by atoms with Crippen molar-refractivity contribution in [3.8, 4) is 11.8 Å². The Labute approximate surface area is 119 Å². The van der Waals surface area contributed by atoms with E-state index >= 15 is 0 Å². The second-order valence-corrected chi connectivity index (χ2v) is 6.26. The Kier molecular flexibility index (Phi) is 5.15. The fourth-order valence-corrected chi connectivity index (χ4v) is 3.35. The second kappa shape index (κ2) is 6.86. The highest BCUT2D eigenvalue weighted by Gasteiger charge is 2.26. The van der Waals surface area contributed by atoms with Gasteiger partial charge in [-0.05, 0) is 18.2 Å². The maximum absolute atomic E-state index is 12.5. The average molecular weight is 295 g/mol. The van der Waals surface area contributed by atoms with Crippen molar-refractivity contribution in [2.45, 2.75) is 11.3 Å². The number of hydrogen-bond acceptors (Lipinski definition) is 4. The first kappa shape index (κ1) is 15.0. The molecule has 2 rings (SSSR count). The van der Waals surface area contributed by atoms with E-state index in [1.165, 1.54) is 4.31 Å². The number of nitrogens with zero attached hydrogens (tertiary/aromatic N) is 1. The van der Waals surface area contributed by atoms with E-state index in [1.807, 2.05) is 0 Å². The molecule has 0 radical (unpaired) electrons. The minimum absolute atomic E-state index is 0.00122. The Morgan fingerprint density at radius 1 is 1.30 bits per heavy atom. The minimum atomic E-state index is -3.48. The van der Waals surface area contributed by atoms with Crippen LogP contribution in [0.25, 0.3) is 0 Å². The third-order valence-electron chi connectivity index (χ3n) is 2.91. The fraction of sp³-hybridized carbons (Fsp3) is 0.429. The summed E-state index contributed by atoms with van der Waals surface area (Å²) in [6.45, 7) is 1.61. The topological polar surface area (TPSA) is 66.8 Å². The summed E-state index contributed by atoms with van der Waals surface area (Å²) in [6.07, 6.45) is 0.375. The Balaban J connectivity index is 2.23. The molecule has 0 bridgehead atoms. The summed E-state index contributed by atoms with van der Waals surface area (Å²) in [6, 6.07) is 6.57. The van der Waals surface area contributed by atoms with Crippen LogP contribution in [0.4, 0.5) is 0 Å². The molecule has 0 aliphatic carbocycles. The van der Waals surface area contributed by atoms with E-state index in [9.17, 15) is 8.42 Å². The highest BCUT2D eigenvalue weighted by Crippen LogP contribution is 2.17. The quantitative estimate of drug-likeness (QED) is 0.822. The lowest BCUT2D eigenvalue weighted by atomic mass is 10.2. The predicted molar refractivity (Wildman–Crippen MR) is 74.6 cm³/mol. The minimum Gasteiger partial charge on any atom is -0.395 e. The molecule has 1 aliphatic heterocycles. The van der Waals surface area contributed by atoms with Gasteiger partial charge < -0.3 is 9.84 Å². The molecule has 1 aliphatic rings. The lowest BCUT2D eigenvalue weighted by molar-refractivity contribution is 0.0730. The van der Waals surface area contributed by atoms with Gasteiger partial charge >= 0.3 is 0 Å². The van der Waals surface area contributed by atoms with Gasteiger partial charge in [0, 0.05) is 25.1 Å². The largest absolute Gasteiger partial charge is 0.395 e. The van der Waals surface area contributed by atoms with Crippen LogP contribution in [-0.4, -0.2) is 50.7 Å². The van der Waals surface area contributed by atoms with Crippen molar-refractivity contribution >= 4 is 10.0 Å². The first-order valence-corrected chi connectivity index (χ1v) is 7.86. The molecule has 1 heterocycles. The summed E-state index contributed by atoms with van der Waals surface area (Å²) in [5.74, 6) is 5.62. The molecule has 108 valence electrons. The zero-order valence-corrected chi connectivity index (χ0v) is 11.9. The van der Waals surface area contributed by atoms with Gasteiger partial charge in [-0.15, -0.1) is 0 Å². The van der Waals surface area contributed by atoms with Gasteiger partial charge in [0.25, 0.3) is 0 Å². The van der Waals surface area contributed by atoms with Crippen molar-refractivity contribution in [2.24, 2.45) is 0 Å². The van der Waals surface area contributed by atoms with Gasteiger partial charge in [-0.2, -0.15) is 4.31 Å². The molecule has 1 aromatic carbocycles. The van der Waals surface area contributed by atoms with E-state index in [4.69, 9.17) is 9.84 Å². The van der Waals surface area contributed by atoms with Crippen LogP contribution in [0.1, 0.15) is 12.0 Å². The van der Waals surface area contributed by atoms with Crippen LogP contribution < -0.4 is 0 Å². The van der Waals surface area contributed by atoms with Crippen molar-refractivity contribution in [1.29, 1.82) is 0 Å². The molecule has 0 spiro atoms. The Morgan fingerprint density at radius 2 is 2.05 bits per heavy atom. The summed E-state index contributed by atoms with van der Waals surface area (Å²) >= 11 is 0. The Morgan fingerprint density at radius 3 is 2.75 bits per heavy atom. The molecule has 6 heteroatoms. The van der Waals surface area contributed by atoms with Crippen molar-refractivity contribution in [3.63, 3.8) is 0 Å². The SMILES string of the molecule is O=S(=O)(c1cccc(C#CCCO)c1)N1CCOCC1. The maximum atomic E-state index is 12.5. The first-order valence-electron chi connectivity index (χ1n) is 6.42. The zero-order valence-electron chi connectivity index (χ0n) is 11.1. The first-order chi connectivity index (χ1) is 9.64. The number of ether oxygens (including phenoxy) is 1. The average Bonchev–Trinajstić information content (AvgIpc) is 2.49. The van der Waals surface area contributed by atoms with Crippen molar-refractivity contribution in [3.05, 3.63) is 29.8 Å². The molecule has 1 saturated heterocycles. The van der Waals surface area contributed by atoms with E-state index in [1.54, 1.807) is 24.3 Å². The maximum Gasteiger partial charge on any atom is 0.243 e. The van der Waals surface area contributed by atoms with Gasteiger partial charge in [0.1, 0.15) is 0 Å². The predicted octanol–water partition coefficient (Wildman–Crippen LogP) is 0.441. The number of benzene rings is 1. The van der Waals surface area contributed by atoms with Crippen molar-refractivity contribution < 1.29 is 18.3 Å². The normalized spacial score (nSPS) is 16.4. The summed E-state index contributed by atoms with van der Waals surface area (Å²) in [4.78, 5) is 0.246. The zero-order chi connectivity index (χ0) is 14.4. The lowest BCUT2D eigenvalue weighted by Crippen LogP contribution is -2.40. The van der Waals surface area contributed by atoms with Gasteiger partial charge in [-0.25, -0.2) is 8.42 Å². The monoisotopic (exact) mass is 295 g/mol. The van der Waals surface area contributed by atoms with Gasteiger partial charge in [0.2, 0.25) is 10.0 Å². The third-order valence-corrected chi connectivity index (χ3v) is 4.81. The summed E-state index contributed by atoms with van der Waals surface area (Å²) < 4.78 is 31.5. The number of morpholine rings is 1. The molecular formula is C14H17NO4S. The number of rotatable bonds is 3. The van der Waals surface area contributed by atoms with Crippen LogP contribution >= 0.6 is 0 Å². The molecule has 5 nitrogen and oxygen atoms in total. The number of aliphatic hydroxyl groups is 1. The summed E-state index contributed by atoms with van der Waals surface area (Å²) in [7, 11) is -3.48. The van der Waals surface area contributed by atoms with Gasteiger partial charge in [0.15, 0.2) is 0 Å². The van der Waals surface area contributed by atoms with Crippen LogP contribution in [0, 0.1) is 11.8 Å². The second-order valence-electron chi connectivity index (χ2n) is 4.32. The molecule has 1 N–H and O–H groups in total. The number of aliphatic hydroxyl groups excluding tert-OH is 1. The Bertz CT molecular complexity index is 610.